The zero-order valence-electron chi connectivity index (χ0n) is 21.6. The fourth-order valence-corrected chi connectivity index (χ4v) is 6.86. The Bertz CT molecular complexity index is 1530. The fraction of sp³-hybridized carbons (Fsp3) is 0.393. The maximum absolute atomic E-state index is 13.5. The average molecular weight is 553 g/mol. The summed E-state index contributed by atoms with van der Waals surface area (Å²) in [7, 11) is 0. The van der Waals surface area contributed by atoms with E-state index in [4.69, 9.17) is 4.74 Å². The zero-order chi connectivity index (χ0) is 27.8. The molecular weight excluding hydrogens is 525 g/mol. The molecule has 2 unspecified atom stereocenters. The molecule has 4 atom stereocenters. The van der Waals surface area contributed by atoms with Gasteiger partial charge in [0, 0.05) is 43.2 Å². The number of aromatic nitrogens is 1. The molecule has 2 aromatic carbocycles. The van der Waals surface area contributed by atoms with Gasteiger partial charge < -0.3 is 25.4 Å². The van der Waals surface area contributed by atoms with E-state index in [1.165, 1.54) is 12.1 Å². The third kappa shape index (κ3) is 3.92. The first-order valence-corrected chi connectivity index (χ1v) is 13.4. The number of hydrazine groups is 2. The molecule has 9 nitrogen and oxygen atoms in total. The number of carbonyl (C=O) groups is 2. The summed E-state index contributed by atoms with van der Waals surface area (Å²) < 4.78 is 45.4. The van der Waals surface area contributed by atoms with E-state index in [0.717, 1.165) is 23.5 Å². The molecule has 4 aliphatic rings. The van der Waals surface area contributed by atoms with E-state index in [-0.39, 0.29) is 40.8 Å². The second-order valence-corrected chi connectivity index (χ2v) is 10.9. The first kappa shape index (κ1) is 24.9. The second kappa shape index (κ2) is 8.98. The van der Waals surface area contributed by atoms with Crippen molar-refractivity contribution in [3.8, 4) is 5.75 Å². The van der Waals surface area contributed by atoms with Crippen LogP contribution >= 0.6 is 0 Å². The Morgan fingerprint density at radius 1 is 0.900 bits per heavy atom. The number of likely N-dealkylation sites (tertiary alicyclic amines) is 2. The Labute approximate surface area is 227 Å². The number of hydrogen-bond acceptors (Lipinski definition) is 7. The van der Waals surface area contributed by atoms with E-state index in [2.05, 4.69) is 21.4 Å². The highest BCUT2D eigenvalue weighted by molar-refractivity contribution is 5.98. The van der Waals surface area contributed by atoms with E-state index in [0.29, 0.717) is 55.4 Å². The van der Waals surface area contributed by atoms with Gasteiger partial charge in [0.1, 0.15) is 11.4 Å². The number of nitrogens with zero attached hydrogens (tertiary/aromatic N) is 3. The van der Waals surface area contributed by atoms with Gasteiger partial charge in [0.25, 0.3) is 11.8 Å². The summed E-state index contributed by atoms with van der Waals surface area (Å²) in [5, 5.41) is 0.223. The first-order valence-electron chi connectivity index (χ1n) is 13.4. The van der Waals surface area contributed by atoms with Crippen molar-refractivity contribution in [2.75, 3.05) is 43.6 Å². The summed E-state index contributed by atoms with van der Waals surface area (Å²) in [6.45, 7) is 4.45. The van der Waals surface area contributed by atoms with Crippen molar-refractivity contribution in [3.05, 3.63) is 59.3 Å². The lowest BCUT2D eigenvalue weighted by molar-refractivity contribution is -0.137. The van der Waals surface area contributed by atoms with Gasteiger partial charge in [0.2, 0.25) is 0 Å². The molecule has 3 fully saturated rings. The molecule has 1 aliphatic carbocycles. The van der Waals surface area contributed by atoms with Crippen molar-refractivity contribution >= 4 is 34.1 Å². The largest absolute Gasteiger partial charge is 0.493 e. The maximum atomic E-state index is 13.5. The van der Waals surface area contributed by atoms with Crippen LogP contribution in [0.25, 0.3) is 10.9 Å². The van der Waals surface area contributed by atoms with E-state index in [9.17, 15) is 22.8 Å². The number of anilines is 2. The molecule has 12 heteroatoms. The van der Waals surface area contributed by atoms with Gasteiger partial charge in [-0.25, -0.2) is 4.98 Å². The number of pyridine rings is 1. The molecule has 208 valence electrons. The molecule has 4 heterocycles. The number of alkyl halides is 3. The second-order valence-electron chi connectivity index (χ2n) is 10.9. The SMILES string of the molecule is CCOc1cc(C(=O)N2CC3C(C2)[C@@H]2CN(C(=O)c4ccc5c(c4)NNN5)C[C@H]32)nc2ccc(C(F)(F)F)cc12. The molecular formula is C28H27F3N6O3. The van der Waals surface area contributed by atoms with Gasteiger partial charge in [-0.15, -0.1) is 5.53 Å². The van der Waals surface area contributed by atoms with Crippen LogP contribution < -0.4 is 21.1 Å². The molecule has 3 aliphatic heterocycles. The lowest BCUT2D eigenvalue weighted by Gasteiger charge is -2.42. The van der Waals surface area contributed by atoms with Crippen molar-refractivity contribution < 1.29 is 27.5 Å². The van der Waals surface area contributed by atoms with Crippen LogP contribution in [0.1, 0.15) is 33.3 Å². The topological polar surface area (TPSA) is 98.8 Å². The smallest absolute Gasteiger partial charge is 0.416 e. The minimum absolute atomic E-state index is 0.00871. The van der Waals surface area contributed by atoms with Crippen molar-refractivity contribution in [1.82, 2.24) is 20.3 Å². The fourth-order valence-electron chi connectivity index (χ4n) is 6.86. The van der Waals surface area contributed by atoms with Crippen LogP contribution in [0.15, 0.2) is 42.5 Å². The number of halogens is 3. The number of nitrogens with one attached hydrogen (secondary N) is 3. The third-order valence-corrected chi connectivity index (χ3v) is 8.78. The van der Waals surface area contributed by atoms with Gasteiger partial charge in [-0.2, -0.15) is 13.2 Å². The molecule has 1 aromatic heterocycles. The molecule has 3 aromatic rings. The van der Waals surface area contributed by atoms with E-state index in [1.807, 2.05) is 23.1 Å². The summed E-state index contributed by atoms with van der Waals surface area (Å²) in [5.74, 6) is 1.26. The van der Waals surface area contributed by atoms with Crippen LogP contribution in [0.3, 0.4) is 0 Å². The van der Waals surface area contributed by atoms with Gasteiger partial charge in [-0.3, -0.25) is 9.59 Å². The van der Waals surface area contributed by atoms with E-state index >= 15 is 0 Å². The lowest BCUT2D eigenvalue weighted by atomic mass is 9.60. The number of ether oxygens (including phenoxy) is 1. The van der Waals surface area contributed by atoms with Crippen LogP contribution in [0, 0.1) is 23.7 Å². The quantitative estimate of drug-likeness (QED) is 0.450. The van der Waals surface area contributed by atoms with Crippen LogP contribution in [-0.2, 0) is 6.18 Å². The van der Waals surface area contributed by atoms with Crippen molar-refractivity contribution in [1.29, 1.82) is 0 Å². The molecule has 0 bridgehead atoms. The Balaban J connectivity index is 1.06. The van der Waals surface area contributed by atoms with Gasteiger partial charge in [0.15, 0.2) is 0 Å². The van der Waals surface area contributed by atoms with Gasteiger partial charge in [-0.1, -0.05) is 0 Å². The Morgan fingerprint density at radius 2 is 1.55 bits per heavy atom. The number of rotatable bonds is 4. The van der Waals surface area contributed by atoms with Gasteiger partial charge in [0.05, 0.1) is 29.1 Å². The molecule has 0 spiro atoms. The van der Waals surface area contributed by atoms with Crippen molar-refractivity contribution in [2.24, 2.45) is 23.7 Å². The lowest BCUT2D eigenvalue weighted by Crippen LogP contribution is -2.44. The highest BCUT2D eigenvalue weighted by Crippen LogP contribution is 2.54. The van der Waals surface area contributed by atoms with E-state index < -0.39 is 11.7 Å². The average Bonchev–Trinajstić information content (AvgIpc) is 3.66. The predicted octanol–water partition coefficient (Wildman–Crippen LogP) is 4.00. The van der Waals surface area contributed by atoms with Gasteiger partial charge in [-0.05, 0) is 67.0 Å². The minimum Gasteiger partial charge on any atom is -0.493 e. The molecule has 1 saturated carbocycles. The van der Waals surface area contributed by atoms with E-state index in [1.54, 1.807) is 11.8 Å². The standard InChI is InChI=1S/C28H27F3N6O3/c1-2-40-25-9-24(32-21-6-4-15(8-16(21)25)28(29,30)31)27(39)37-12-19-17-10-36(11-18(17)20(19)13-37)26(38)14-3-5-22-23(7-14)34-35-33-22/h3-9,17-20,33-35H,2,10-13H2,1H3/t17-,18+,19?,20?. The van der Waals surface area contributed by atoms with Crippen LogP contribution in [0.4, 0.5) is 24.5 Å². The van der Waals surface area contributed by atoms with Gasteiger partial charge >= 0.3 is 6.18 Å². The number of fused-ring (bicyclic) bond motifs is 6. The number of amides is 2. The van der Waals surface area contributed by atoms with Crippen LogP contribution in [-0.4, -0.2) is 59.4 Å². The summed E-state index contributed by atoms with van der Waals surface area (Å²) in [6.07, 6.45) is -4.49. The Hall–Kier alpha value is -4.06. The van der Waals surface area contributed by atoms with Crippen molar-refractivity contribution in [2.45, 2.75) is 13.1 Å². The number of hydrogen-bond donors (Lipinski definition) is 3. The molecule has 2 amide bonds. The summed E-state index contributed by atoms with van der Waals surface area (Å²) in [6, 6.07) is 10.2. The zero-order valence-corrected chi connectivity index (χ0v) is 21.6. The predicted molar refractivity (Wildman–Crippen MR) is 141 cm³/mol. The minimum atomic E-state index is -4.49. The number of benzene rings is 2. The van der Waals surface area contributed by atoms with Crippen LogP contribution in [0.5, 0.6) is 5.75 Å². The molecule has 40 heavy (non-hydrogen) atoms. The molecule has 7 rings (SSSR count). The maximum Gasteiger partial charge on any atom is 0.416 e. The molecule has 3 N–H and O–H groups in total. The third-order valence-electron chi connectivity index (χ3n) is 8.78. The molecule has 2 saturated heterocycles. The normalized spacial score (nSPS) is 24.6. The monoisotopic (exact) mass is 552 g/mol. The summed E-state index contributed by atoms with van der Waals surface area (Å²) >= 11 is 0. The highest BCUT2D eigenvalue weighted by Gasteiger charge is 2.59. The summed E-state index contributed by atoms with van der Waals surface area (Å²) in [4.78, 5) is 34.9. The van der Waals surface area contributed by atoms with Crippen molar-refractivity contribution in [3.63, 3.8) is 0 Å². The van der Waals surface area contributed by atoms with Crippen LogP contribution in [0.2, 0.25) is 0 Å². The number of carbonyl (C=O) groups excluding carboxylic acids is 2. The molecule has 0 radical (unpaired) electrons. The Morgan fingerprint density at radius 3 is 2.20 bits per heavy atom. The Kier molecular flexibility index (Phi) is 5.60. The summed E-state index contributed by atoms with van der Waals surface area (Å²) in [5.41, 5.74) is 10.8. The first-order chi connectivity index (χ1) is 19.2. The highest BCUT2D eigenvalue weighted by atomic mass is 19.4.